The molecule has 1 aliphatic carbocycles. The molecule has 1 aromatic carbocycles. The largest absolute Gasteiger partial charge is 0.345 e. The molecule has 2 aromatic rings. The number of hydrogen-bond acceptors (Lipinski definition) is 4. The third-order valence-corrected chi connectivity index (χ3v) is 4.61. The summed E-state index contributed by atoms with van der Waals surface area (Å²) in [5, 5.41) is 0.993. The van der Waals surface area contributed by atoms with Crippen LogP contribution in [0.3, 0.4) is 0 Å². The van der Waals surface area contributed by atoms with Gasteiger partial charge in [0.1, 0.15) is 0 Å². The van der Waals surface area contributed by atoms with Crippen molar-refractivity contribution in [3.05, 3.63) is 35.2 Å². The summed E-state index contributed by atoms with van der Waals surface area (Å²) in [5.41, 5.74) is 1.84. The van der Waals surface area contributed by atoms with Crippen LogP contribution in [-0.2, 0) is 0 Å². The molecule has 0 amide bonds. The first-order valence-electron chi connectivity index (χ1n) is 7.47. The van der Waals surface area contributed by atoms with E-state index >= 15 is 0 Å². The Morgan fingerprint density at radius 2 is 2.05 bits per heavy atom. The molecule has 3 rings (SSSR count). The van der Waals surface area contributed by atoms with Gasteiger partial charge in [-0.1, -0.05) is 55.5 Å². The van der Waals surface area contributed by atoms with Gasteiger partial charge in [-0.3, -0.25) is 4.79 Å². The molecule has 3 nitrogen and oxygen atoms in total. The Bertz CT molecular complexity index is 617. The maximum Gasteiger partial charge on any atom is 0.186 e. The van der Waals surface area contributed by atoms with Gasteiger partial charge in [0.25, 0.3) is 0 Å². The van der Waals surface area contributed by atoms with Crippen LogP contribution in [0.5, 0.6) is 0 Å². The molecule has 0 radical (unpaired) electrons. The topological polar surface area (TPSA) is 33.2 Å². The van der Waals surface area contributed by atoms with Crippen LogP contribution in [0.4, 0.5) is 5.13 Å². The molecule has 0 unspecified atom stereocenters. The highest BCUT2D eigenvalue weighted by Gasteiger charge is 2.32. The fraction of sp³-hybridized carbons (Fsp3) is 0.412. The number of aldehydes is 1. The minimum absolute atomic E-state index is 0.592. The van der Waals surface area contributed by atoms with Crippen molar-refractivity contribution < 1.29 is 4.79 Å². The number of aromatic nitrogens is 1. The van der Waals surface area contributed by atoms with Gasteiger partial charge in [-0.25, -0.2) is 4.98 Å². The van der Waals surface area contributed by atoms with Gasteiger partial charge in [0.15, 0.2) is 11.4 Å². The molecule has 0 N–H and O–H groups in total. The molecule has 0 spiro atoms. The minimum Gasteiger partial charge on any atom is -0.345 e. The average molecular weight is 300 g/mol. The highest BCUT2D eigenvalue weighted by atomic mass is 32.1. The van der Waals surface area contributed by atoms with E-state index in [1.165, 1.54) is 24.2 Å². The third-order valence-electron chi connectivity index (χ3n) is 3.59. The summed E-state index contributed by atoms with van der Waals surface area (Å²) < 4.78 is 0. The van der Waals surface area contributed by atoms with Crippen molar-refractivity contribution in [3.63, 3.8) is 0 Å². The van der Waals surface area contributed by atoms with Crippen LogP contribution in [0.1, 0.15) is 36.4 Å². The highest BCUT2D eigenvalue weighted by Crippen LogP contribution is 2.38. The lowest BCUT2D eigenvalue weighted by molar-refractivity contribution is 0.112. The molecule has 0 aliphatic heterocycles. The number of anilines is 1. The fourth-order valence-corrected chi connectivity index (χ4v) is 3.47. The number of nitrogens with zero attached hydrogens (tertiary/aromatic N) is 2. The predicted molar refractivity (Wildman–Crippen MR) is 88.1 cm³/mol. The average Bonchev–Trinajstić information content (AvgIpc) is 3.24. The number of benzene rings is 1. The molecule has 0 saturated heterocycles. The SMILES string of the molecule is CC(C)CN(c1nc(-c2ccccc2)c(C=O)s1)C1CC1. The van der Waals surface area contributed by atoms with Crippen molar-refractivity contribution in [2.45, 2.75) is 32.7 Å². The molecule has 0 bridgehead atoms. The van der Waals surface area contributed by atoms with Crippen molar-refractivity contribution in [1.82, 2.24) is 4.98 Å². The second-order valence-electron chi connectivity index (χ2n) is 5.97. The second kappa shape index (κ2) is 5.98. The van der Waals surface area contributed by atoms with Crippen molar-refractivity contribution in [2.75, 3.05) is 11.4 Å². The summed E-state index contributed by atoms with van der Waals surface area (Å²) in [6.07, 6.45) is 3.41. The Morgan fingerprint density at radius 1 is 1.33 bits per heavy atom. The van der Waals surface area contributed by atoms with Gasteiger partial charge >= 0.3 is 0 Å². The lowest BCUT2D eigenvalue weighted by Crippen LogP contribution is -2.29. The smallest absolute Gasteiger partial charge is 0.186 e. The van der Waals surface area contributed by atoms with E-state index in [0.717, 1.165) is 34.1 Å². The number of thiazole rings is 1. The van der Waals surface area contributed by atoms with Gasteiger partial charge in [-0.15, -0.1) is 0 Å². The number of hydrogen-bond donors (Lipinski definition) is 0. The van der Waals surface area contributed by atoms with Crippen LogP contribution in [0, 0.1) is 5.92 Å². The molecule has 110 valence electrons. The third kappa shape index (κ3) is 3.16. The first kappa shape index (κ1) is 14.3. The Balaban J connectivity index is 1.96. The zero-order valence-corrected chi connectivity index (χ0v) is 13.3. The summed E-state index contributed by atoms with van der Waals surface area (Å²) >= 11 is 1.52. The Morgan fingerprint density at radius 3 is 2.62 bits per heavy atom. The van der Waals surface area contributed by atoms with E-state index in [-0.39, 0.29) is 0 Å². The van der Waals surface area contributed by atoms with Crippen molar-refractivity contribution in [3.8, 4) is 11.3 Å². The van der Waals surface area contributed by atoms with E-state index in [1.807, 2.05) is 30.3 Å². The molecule has 1 aliphatic rings. The van der Waals surface area contributed by atoms with Gasteiger partial charge in [0, 0.05) is 18.2 Å². The predicted octanol–water partition coefficient (Wildman–Crippen LogP) is 4.25. The van der Waals surface area contributed by atoms with Crippen LogP contribution < -0.4 is 4.90 Å². The van der Waals surface area contributed by atoms with E-state index in [0.29, 0.717) is 12.0 Å². The number of carbonyl (C=O) groups excluding carboxylic acids is 1. The Labute approximate surface area is 129 Å². The maximum atomic E-state index is 11.4. The Kier molecular flexibility index (Phi) is 4.06. The molecule has 4 heteroatoms. The van der Waals surface area contributed by atoms with Gasteiger partial charge in [-0.05, 0) is 18.8 Å². The molecular formula is C17H20N2OS. The fourth-order valence-electron chi connectivity index (χ4n) is 2.49. The van der Waals surface area contributed by atoms with E-state index in [9.17, 15) is 4.79 Å². The normalized spacial score (nSPS) is 14.4. The minimum atomic E-state index is 0.592. The molecule has 1 aromatic heterocycles. The second-order valence-corrected chi connectivity index (χ2v) is 6.98. The quantitative estimate of drug-likeness (QED) is 0.748. The summed E-state index contributed by atoms with van der Waals surface area (Å²) in [5.74, 6) is 0.592. The molecule has 0 atom stereocenters. The van der Waals surface area contributed by atoms with E-state index in [1.54, 1.807) is 0 Å². The molecular weight excluding hydrogens is 280 g/mol. The summed E-state index contributed by atoms with van der Waals surface area (Å²) in [4.78, 5) is 19.3. The summed E-state index contributed by atoms with van der Waals surface area (Å²) in [6, 6.07) is 10.6. The number of carbonyl (C=O) groups is 1. The lowest BCUT2D eigenvalue weighted by atomic mass is 10.1. The zero-order chi connectivity index (χ0) is 14.8. The van der Waals surface area contributed by atoms with E-state index in [2.05, 4.69) is 18.7 Å². The standard InChI is InChI=1S/C17H20N2OS/c1-12(2)10-19(14-8-9-14)17-18-16(15(11-20)21-17)13-6-4-3-5-7-13/h3-7,11-12,14H,8-10H2,1-2H3. The van der Waals surface area contributed by atoms with Gasteiger partial charge in [-0.2, -0.15) is 0 Å². The van der Waals surface area contributed by atoms with Crippen molar-refractivity contribution >= 4 is 22.8 Å². The van der Waals surface area contributed by atoms with E-state index < -0.39 is 0 Å². The number of rotatable bonds is 6. The summed E-state index contributed by atoms with van der Waals surface area (Å²) in [6.45, 7) is 5.45. The molecule has 21 heavy (non-hydrogen) atoms. The van der Waals surface area contributed by atoms with E-state index in [4.69, 9.17) is 4.98 Å². The van der Waals surface area contributed by atoms with Crippen LogP contribution in [-0.4, -0.2) is 23.9 Å². The Hall–Kier alpha value is -1.68. The maximum absolute atomic E-state index is 11.4. The first-order chi connectivity index (χ1) is 10.2. The monoisotopic (exact) mass is 300 g/mol. The molecule has 1 heterocycles. The molecule has 1 saturated carbocycles. The van der Waals surface area contributed by atoms with Crippen LogP contribution >= 0.6 is 11.3 Å². The van der Waals surface area contributed by atoms with Gasteiger partial charge < -0.3 is 4.90 Å². The first-order valence-corrected chi connectivity index (χ1v) is 8.28. The van der Waals surface area contributed by atoms with Crippen molar-refractivity contribution in [1.29, 1.82) is 0 Å². The molecule has 1 fully saturated rings. The van der Waals surface area contributed by atoms with Gasteiger partial charge in [0.05, 0.1) is 10.6 Å². The summed E-state index contributed by atoms with van der Waals surface area (Å²) in [7, 11) is 0. The van der Waals surface area contributed by atoms with Crippen LogP contribution in [0.25, 0.3) is 11.3 Å². The zero-order valence-electron chi connectivity index (χ0n) is 12.5. The van der Waals surface area contributed by atoms with Crippen LogP contribution in [0.2, 0.25) is 0 Å². The van der Waals surface area contributed by atoms with Crippen LogP contribution in [0.15, 0.2) is 30.3 Å². The van der Waals surface area contributed by atoms with Crippen molar-refractivity contribution in [2.24, 2.45) is 5.92 Å². The highest BCUT2D eigenvalue weighted by molar-refractivity contribution is 7.17. The van der Waals surface area contributed by atoms with Gasteiger partial charge in [0.2, 0.25) is 0 Å². The lowest BCUT2D eigenvalue weighted by Gasteiger charge is -2.23.